The molecule has 1 amide bonds. The average molecular weight is 326 g/mol. The molecule has 1 aliphatic heterocycles. The highest BCUT2D eigenvalue weighted by Gasteiger charge is 2.21. The Hall–Kier alpha value is -2.17. The number of hydrogen-bond donors (Lipinski definition) is 0. The lowest BCUT2D eigenvalue weighted by molar-refractivity contribution is -0.130. The van der Waals surface area contributed by atoms with E-state index in [2.05, 4.69) is 29.1 Å². The summed E-state index contributed by atoms with van der Waals surface area (Å²) >= 11 is 0. The normalized spacial score (nSPS) is 17.9. The zero-order chi connectivity index (χ0) is 16.9. The first kappa shape index (κ1) is 16.7. The van der Waals surface area contributed by atoms with Crippen LogP contribution in [0.5, 0.6) is 0 Å². The standard InChI is InChI=1S/C19H26N4O/c1-3-10-23-19(8-9-21-23)18-7-6-16(13-20-18)12-17-5-4-11-22(14-17)15(2)24/h6-9,13,17H,3-5,10-12,14H2,1-2H3/t17-/m0/s1. The van der Waals surface area contributed by atoms with Gasteiger partial charge in [0, 0.05) is 39.0 Å². The molecule has 0 saturated carbocycles. The van der Waals surface area contributed by atoms with Crippen molar-refractivity contribution in [1.29, 1.82) is 0 Å². The van der Waals surface area contributed by atoms with Crippen LogP contribution in [0.4, 0.5) is 0 Å². The molecular weight excluding hydrogens is 300 g/mol. The van der Waals surface area contributed by atoms with Gasteiger partial charge in [0.2, 0.25) is 5.91 Å². The highest BCUT2D eigenvalue weighted by molar-refractivity contribution is 5.73. The molecule has 3 rings (SSSR count). The van der Waals surface area contributed by atoms with Crippen LogP contribution in [0.25, 0.3) is 11.4 Å². The monoisotopic (exact) mass is 326 g/mol. The fourth-order valence-corrected chi connectivity index (χ4v) is 3.49. The molecule has 2 aromatic heterocycles. The van der Waals surface area contributed by atoms with Gasteiger partial charge in [0.1, 0.15) is 0 Å². The van der Waals surface area contributed by atoms with Crippen LogP contribution in [0, 0.1) is 5.92 Å². The van der Waals surface area contributed by atoms with Gasteiger partial charge in [-0.2, -0.15) is 5.10 Å². The number of carbonyl (C=O) groups excluding carboxylic acids is 1. The second kappa shape index (κ2) is 7.60. The number of aromatic nitrogens is 3. The lowest BCUT2D eigenvalue weighted by atomic mass is 9.92. The summed E-state index contributed by atoms with van der Waals surface area (Å²) in [6.45, 7) is 6.51. The molecule has 0 bridgehead atoms. The molecule has 1 fully saturated rings. The Labute approximate surface area is 143 Å². The Morgan fingerprint density at radius 2 is 2.21 bits per heavy atom. The molecule has 1 atom stereocenters. The van der Waals surface area contributed by atoms with Gasteiger partial charge in [0.25, 0.3) is 0 Å². The van der Waals surface area contributed by atoms with Crippen molar-refractivity contribution in [2.45, 2.75) is 46.1 Å². The third-order valence-corrected chi connectivity index (χ3v) is 4.73. The van der Waals surface area contributed by atoms with Crippen LogP contribution in [0.15, 0.2) is 30.6 Å². The molecule has 24 heavy (non-hydrogen) atoms. The number of hydrogen-bond acceptors (Lipinski definition) is 3. The van der Waals surface area contributed by atoms with Crippen LogP contribution in [-0.2, 0) is 17.8 Å². The van der Waals surface area contributed by atoms with Crippen molar-refractivity contribution < 1.29 is 4.79 Å². The number of aryl methyl sites for hydroxylation is 1. The summed E-state index contributed by atoms with van der Waals surface area (Å²) < 4.78 is 2.01. The largest absolute Gasteiger partial charge is 0.343 e. The fraction of sp³-hybridized carbons (Fsp3) is 0.526. The summed E-state index contributed by atoms with van der Waals surface area (Å²) in [5, 5.41) is 4.36. The van der Waals surface area contributed by atoms with E-state index >= 15 is 0 Å². The van der Waals surface area contributed by atoms with Crippen LogP contribution >= 0.6 is 0 Å². The Morgan fingerprint density at radius 1 is 1.33 bits per heavy atom. The molecule has 0 N–H and O–H groups in total. The number of likely N-dealkylation sites (tertiary alicyclic amines) is 1. The topological polar surface area (TPSA) is 51.0 Å². The van der Waals surface area contributed by atoms with Gasteiger partial charge in [0.15, 0.2) is 0 Å². The van der Waals surface area contributed by atoms with Crippen LogP contribution < -0.4 is 0 Å². The second-order valence-corrected chi connectivity index (χ2v) is 6.67. The molecule has 128 valence electrons. The number of rotatable bonds is 5. The van der Waals surface area contributed by atoms with Crippen molar-refractivity contribution >= 4 is 5.91 Å². The lowest BCUT2D eigenvalue weighted by Gasteiger charge is -2.32. The molecule has 0 spiro atoms. The van der Waals surface area contributed by atoms with Gasteiger partial charge in [-0.3, -0.25) is 14.5 Å². The number of nitrogens with zero attached hydrogens (tertiary/aromatic N) is 4. The summed E-state index contributed by atoms with van der Waals surface area (Å²) in [5.41, 5.74) is 3.29. The molecule has 3 heterocycles. The van der Waals surface area contributed by atoms with E-state index in [-0.39, 0.29) is 5.91 Å². The zero-order valence-corrected chi connectivity index (χ0v) is 14.6. The van der Waals surface area contributed by atoms with Gasteiger partial charge in [0.05, 0.1) is 11.4 Å². The Bertz CT molecular complexity index is 677. The molecule has 2 aromatic rings. The van der Waals surface area contributed by atoms with Gasteiger partial charge in [-0.05, 0) is 49.3 Å². The number of pyridine rings is 1. The van der Waals surface area contributed by atoms with Crippen molar-refractivity contribution in [1.82, 2.24) is 19.7 Å². The molecule has 5 nitrogen and oxygen atoms in total. The summed E-state index contributed by atoms with van der Waals surface area (Å²) in [6.07, 6.45) is 8.15. The second-order valence-electron chi connectivity index (χ2n) is 6.67. The first-order chi connectivity index (χ1) is 11.7. The predicted molar refractivity (Wildman–Crippen MR) is 94.4 cm³/mol. The van der Waals surface area contributed by atoms with Crippen LogP contribution in [0.2, 0.25) is 0 Å². The first-order valence-corrected chi connectivity index (χ1v) is 8.90. The fourth-order valence-electron chi connectivity index (χ4n) is 3.49. The van der Waals surface area contributed by atoms with Crippen molar-refractivity contribution in [3.8, 4) is 11.4 Å². The highest BCUT2D eigenvalue weighted by atomic mass is 16.2. The van der Waals surface area contributed by atoms with Crippen LogP contribution in [0.3, 0.4) is 0 Å². The van der Waals surface area contributed by atoms with E-state index < -0.39 is 0 Å². The molecule has 0 radical (unpaired) electrons. The maximum absolute atomic E-state index is 11.6. The smallest absolute Gasteiger partial charge is 0.219 e. The SMILES string of the molecule is CCCn1nccc1-c1ccc(C[C@@H]2CCCN(C(C)=O)C2)cn1. The Balaban J connectivity index is 1.66. The lowest BCUT2D eigenvalue weighted by Crippen LogP contribution is -2.39. The van der Waals surface area contributed by atoms with Gasteiger partial charge in [-0.1, -0.05) is 13.0 Å². The van der Waals surface area contributed by atoms with E-state index in [1.807, 2.05) is 28.0 Å². The van der Waals surface area contributed by atoms with Crippen molar-refractivity contribution in [3.63, 3.8) is 0 Å². The molecule has 0 unspecified atom stereocenters. The molecule has 0 aromatic carbocycles. The van der Waals surface area contributed by atoms with E-state index in [0.29, 0.717) is 5.92 Å². The van der Waals surface area contributed by atoms with Gasteiger partial charge < -0.3 is 4.90 Å². The minimum Gasteiger partial charge on any atom is -0.343 e. The van der Waals surface area contributed by atoms with Crippen molar-refractivity contribution in [2.24, 2.45) is 5.92 Å². The summed E-state index contributed by atoms with van der Waals surface area (Å²) in [4.78, 5) is 18.2. The molecular formula is C19H26N4O. The predicted octanol–water partition coefficient (Wildman–Crippen LogP) is 3.16. The quantitative estimate of drug-likeness (QED) is 0.848. The Kier molecular flexibility index (Phi) is 5.28. The molecule has 0 aliphatic carbocycles. The molecule has 1 saturated heterocycles. The minimum absolute atomic E-state index is 0.192. The highest BCUT2D eigenvalue weighted by Crippen LogP contribution is 2.22. The number of carbonyl (C=O) groups is 1. The maximum Gasteiger partial charge on any atom is 0.219 e. The Morgan fingerprint density at radius 3 is 2.92 bits per heavy atom. The average Bonchev–Trinajstić information content (AvgIpc) is 3.04. The van der Waals surface area contributed by atoms with Gasteiger partial charge in [-0.15, -0.1) is 0 Å². The summed E-state index contributed by atoms with van der Waals surface area (Å²) in [7, 11) is 0. The first-order valence-electron chi connectivity index (χ1n) is 8.90. The van der Waals surface area contributed by atoms with E-state index in [0.717, 1.165) is 50.3 Å². The number of piperidine rings is 1. The summed E-state index contributed by atoms with van der Waals surface area (Å²) in [5.74, 6) is 0.735. The third-order valence-electron chi connectivity index (χ3n) is 4.73. The zero-order valence-electron chi connectivity index (χ0n) is 14.6. The van der Waals surface area contributed by atoms with E-state index in [1.54, 1.807) is 6.92 Å². The van der Waals surface area contributed by atoms with E-state index in [9.17, 15) is 4.79 Å². The third kappa shape index (κ3) is 3.83. The van der Waals surface area contributed by atoms with E-state index in [1.165, 1.54) is 12.0 Å². The van der Waals surface area contributed by atoms with Crippen LogP contribution in [-0.4, -0.2) is 38.7 Å². The van der Waals surface area contributed by atoms with Crippen LogP contribution in [0.1, 0.15) is 38.7 Å². The molecule has 5 heteroatoms. The van der Waals surface area contributed by atoms with Gasteiger partial charge >= 0.3 is 0 Å². The maximum atomic E-state index is 11.6. The number of amides is 1. The van der Waals surface area contributed by atoms with Gasteiger partial charge in [-0.25, -0.2) is 0 Å². The minimum atomic E-state index is 0.192. The molecule has 1 aliphatic rings. The van der Waals surface area contributed by atoms with E-state index in [4.69, 9.17) is 0 Å². The summed E-state index contributed by atoms with van der Waals surface area (Å²) in [6, 6.07) is 6.27. The van der Waals surface area contributed by atoms with Crippen molar-refractivity contribution in [2.75, 3.05) is 13.1 Å². The van der Waals surface area contributed by atoms with Crippen molar-refractivity contribution in [3.05, 3.63) is 36.2 Å².